The Morgan fingerprint density at radius 2 is 1.59 bits per heavy atom. The van der Waals surface area contributed by atoms with Crippen LogP contribution in [0.5, 0.6) is 0 Å². The number of alkyl halides is 3. The lowest BCUT2D eigenvalue weighted by Crippen LogP contribution is -2.10. The molecule has 1 unspecified atom stereocenters. The van der Waals surface area contributed by atoms with E-state index in [1.165, 1.54) is 12.1 Å². The van der Waals surface area contributed by atoms with Crippen molar-refractivity contribution in [1.29, 1.82) is 0 Å². The molecule has 0 fully saturated rings. The Balaban J connectivity index is 1.82. The number of hydrogen-bond acceptors (Lipinski definition) is 3. The molecule has 3 nitrogen and oxygen atoms in total. The number of hydrogen-bond donors (Lipinski definition) is 1. The lowest BCUT2D eigenvalue weighted by molar-refractivity contribution is -0.137. The van der Waals surface area contributed by atoms with E-state index in [0.29, 0.717) is 28.3 Å². The summed E-state index contributed by atoms with van der Waals surface area (Å²) >= 11 is 0. The highest BCUT2D eigenvalue weighted by Gasteiger charge is 2.34. The molecular formula is C31H30F3N3. The number of halogens is 3. The third-order valence-corrected chi connectivity index (χ3v) is 6.34. The number of benzene rings is 3. The number of anilines is 1. The highest BCUT2D eigenvalue weighted by atomic mass is 19.4. The highest BCUT2D eigenvalue weighted by Crippen LogP contribution is 2.37. The van der Waals surface area contributed by atoms with Crippen molar-refractivity contribution < 1.29 is 13.2 Å². The summed E-state index contributed by atoms with van der Waals surface area (Å²) in [4.78, 5) is 9.07. The fraction of sp³-hybridized carbons (Fsp3) is 0.226. The molecule has 4 rings (SSSR count). The molecule has 1 atom stereocenters. The van der Waals surface area contributed by atoms with Crippen LogP contribution in [0.2, 0.25) is 0 Å². The number of aromatic nitrogens is 2. The lowest BCUT2D eigenvalue weighted by atomic mass is 9.93. The fourth-order valence-corrected chi connectivity index (χ4v) is 4.43. The van der Waals surface area contributed by atoms with E-state index in [4.69, 9.17) is 0 Å². The van der Waals surface area contributed by atoms with E-state index in [-0.39, 0.29) is 11.4 Å². The topological polar surface area (TPSA) is 37.8 Å². The standard InChI is InChI=1S/C31H30F3N3/c1-4-13-22(5-2)20-26(23-14-7-6-8-15-23)21(3)35-30-25-17-10-12-19-28(25)36-29(37-30)24-16-9-11-18-27(24)31(32,33)34/h6-12,14-20,22H,3-5,13H2,1-2H3,(H,35,36,37)/b26-20+. The predicted molar refractivity (Wildman–Crippen MR) is 146 cm³/mol. The number of rotatable bonds is 9. The highest BCUT2D eigenvalue weighted by molar-refractivity contribution is 5.93. The van der Waals surface area contributed by atoms with E-state index < -0.39 is 11.7 Å². The molecule has 0 radical (unpaired) electrons. The molecule has 0 amide bonds. The van der Waals surface area contributed by atoms with Crippen LogP contribution in [0.3, 0.4) is 0 Å². The van der Waals surface area contributed by atoms with Crippen molar-refractivity contribution >= 4 is 22.3 Å². The van der Waals surface area contributed by atoms with Gasteiger partial charge in [-0.2, -0.15) is 13.2 Å². The third kappa shape index (κ3) is 6.08. The van der Waals surface area contributed by atoms with E-state index in [2.05, 4.69) is 41.8 Å². The molecule has 6 heteroatoms. The Morgan fingerprint density at radius 3 is 2.30 bits per heavy atom. The van der Waals surface area contributed by atoms with Crippen molar-refractivity contribution in [2.45, 2.75) is 39.3 Å². The molecule has 37 heavy (non-hydrogen) atoms. The van der Waals surface area contributed by atoms with Gasteiger partial charge in [0.25, 0.3) is 0 Å². The van der Waals surface area contributed by atoms with E-state index >= 15 is 0 Å². The Kier molecular flexibility index (Phi) is 8.07. The molecule has 1 N–H and O–H groups in total. The van der Waals surface area contributed by atoms with Gasteiger partial charge in [0, 0.05) is 22.2 Å². The molecule has 1 aromatic heterocycles. The molecule has 3 aromatic carbocycles. The second kappa shape index (κ2) is 11.4. The van der Waals surface area contributed by atoms with Crippen molar-refractivity contribution in [3.05, 3.63) is 108 Å². The van der Waals surface area contributed by atoms with Crippen LogP contribution in [0, 0.1) is 5.92 Å². The van der Waals surface area contributed by atoms with Gasteiger partial charge in [-0.25, -0.2) is 9.97 Å². The van der Waals surface area contributed by atoms with E-state index in [1.54, 1.807) is 18.2 Å². The minimum absolute atomic E-state index is 0.00424. The van der Waals surface area contributed by atoms with Crippen LogP contribution >= 0.6 is 0 Å². The van der Waals surface area contributed by atoms with Crippen molar-refractivity contribution in [2.75, 3.05) is 5.32 Å². The molecule has 0 aliphatic rings. The molecule has 0 saturated carbocycles. The van der Waals surface area contributed by atoms with Gasteiger partial charge in [-0.15, -0.1) is 0 Å². The summed E-state index contributed by atoms with van der Waals surface area (Å²) in [6, 6.07) is 22.6. The van der Waals surface area contributed by atoms with Gasteiger partial charge < -0.3 is 5.32 Å². The zero-order valence-corrected chi connectivity index (χ0v) is 21.0. The quantitative estimate of drug-likeness (QED) is 0.232. The lowest BCUT2D eigenvalue weighted by Gasteiger charge is -2.19. The Bertz CT molecular complexity index is 1410. The van der Waals surface area contributed by atoms with Gasteiger partial charge in [-0.05, 0) is 42.5 Å². The summed E-state index contributed by atoms with van der Waals surface area (Å²) in [7, 11) is 0. The van der Waals surface area contributed by atoms with Crippen molar-refractivity contribution in [1.82, 2.24) is 9.97 Å². The van der Waals surface area contributed by atoms with Crippen molar-refractivity contribution in [3.63, 3.8) is 0 Å². The van der Waals surface area contributed by atoms with Crippen LogP contribution in [0.4, 0.5) is 19.0 Å². The zero-order valence-electron chi connectivity index (χ0n) is 21.0. The summed E-state index contributed by atoms with van der Waals surface area (Å²) in [6.07, 6.45) is 0.814. The smallest absolute Gasteiger partial charge is 0.340 e. The molecule has 0 bridgehead atoms. The Hall–Kier alpha value is -3.93. The molecule has 190 valence electrons. The monoisotopic (exact) mass is 501 g/mol. The summed E-state index contributed by atoms with van der Waals surface area (Å²) in [5, 5.41) is 4.03. The largest absolute Gasteiger partial charge is 0.417 e. The Labute approximate surface area is 215 Å². The summed E-state index contributed by atoms with van der Waals surface area (Å²) in [5.41, 5.74) is 2.28. The molecule has 4 aromatic rings. The number of allylic oxidation sites excluding steroid dienone is 2. The van der Waals surface area contributed by atoms with Gasteiger partial charge >= 0.3 is 6.18 Å². The maximum absolute atomic E-state index is 13.8. The van der Waals surface area contributed by atoms with E-state index in [9.17, 15) is 13.2 Å². The molecule has 0 spiro atoms. The molecule has 0 saturated heterocycles. The average molecular weight is 502 g/mol. The SMILES string of the molecule is C=C(Nc1nc(-c2ccccc2C(F)(F)F)nc2ccccc12)/C(=C\C(CC)CCC)c1ccccc1. The van der Waals surface area contributed by atoms with Crippen LogP contribution in [0.1, 0.15) is 44.2 Å². The van der Waals surface area contributed by atoms with Gasteiger partial charge in [-0.1, -0.05) is 93.6 Å². The van der Waals surface area contributed by atoms with Crippen LogP contribution in [-0.2, 0) is 6.18 Å². The first kappa shape index (κ1) is 26.1. The first-order chi connectivity index (χ1) is 17.8. The van der Waals surface area contributed by atoms with Crippen LogP contribution in [0.25, 0.3) is 27.9 Å². The van der Waals surface area contributed by atoms with Gasteiger partial charge in [0.15, 0.2) is 5.82 Å². The molecular weight excluding hydrogens is 471 g/mol. The molecule has 0 aliphatic heterocycles. The number of fused-ring (bicyclic) bond motifs is 1. The van der Waals surface area contributed by atoms with Crippen LogP contribution < -0.4 is 5.32 Å². The molecule has 1 heterocycles. The van der Waals surface area contributed by atoms with Gasteiger partial charge in [-0.3, -0.25) is 0 Å². The summed E-state index contributed by atoms with van der Waals surface area (Å²) in [6.45, 7) is 8.65. The van der Waals surface area contributed by atoms with Crippen molar-refractivity contribution in [2.24, 2.45) is 5.92 Å². The van der Waals surface area contributed by atoms with Crippen LogP contribution in [0.15, 0.2) is 97.2 Å². The average Bonchev–Trinajstić information content (AvgIpc) is 2.91. The Morgan fingerprint density at radius 1 is 0.919 bits per heavy atom. The maximum atomic E-state index is 13.8. The summed E-state index contributed by atoms with van der Waals surface area (Å²) < 4.78 is 41.3. The van der Waals surface area contributed by atoms with Crippen LogP contribution in [-0.4, -0.2) is 9.97 Å². The number of nitrogens with one attached hydrogen (secondary N) is 1. The maximum Gasteiger partial charge on any atom is 0.417 e. The van der Waals surface area contributed by atoms with E-state index in [1.807, 2.05) is 42.5 Å². The predicted octanol–water partition coefficient (Wildman–Crippen LogP) is 9.15. The minimum Gasteiger partial charge on any atom is -0.340 e. The summed E-state index contributed by atoms with van der Waals surface area (Å²) in [5.74, 6) is 0.785. The van der Waals surface area contributed by atoms with E-state index in [0.717, 1.165) is 36.5 Å². The minimum atomic E-state index is -4.53. The second-order valence-electron chi connectivity index (χ2n) is 8.96. The fourth-order valence-electron chi connectivity index (χ4n) is 4.43. The first-order valence-corrected chi connectivity index (χ1v) is 12.5. The normalized spacial score (nSPS) is 12.9. The number of para-hydroxylation sites is 1. The first-order valence-electron chi connectivity index (χ1n) is 12.5. The number of nitrogens with zero attached hydrogens (tertiary/aromatic N) is 2. The van der Waals surface area contributed by atoms with Gasteiger partial charge in [0.1, 0.15) is 5.82 Å². The molecule has 0 aliphatic carbocycles. The van der Waals surface area contributed by atoms with Gasteiger partial charge in [0.05, 0.1) is 11.1 Å². The third-order valence-electron chi connectivity index (χ3n) is 6.34. The van der Waals surface area contributed by atoms with Crippen molar-refractivity contribution in [3.8, 4) is 11.4 Å². The zero-order chi connectivity index (χ0) is 26.4. The van der Waals surface area contributed by atoms with Gasteiger partial charge in [0.2, 0.25) is 0 Å². The second-order valence-corrected chi connectivity index (χ2v) is 8.96.